The van der Waals surface area contributed by atoms with Crippen molar-refractivity contribution in [1.82, 2.24) is 9.88 Å². The zero-order valence-corrected chi connectivity index (χ0v) is 12.0. The van der Waals surface area contributed by atoms with Crippen molar-refractivity contribution < 1.29 is 4.79 Å². The molecule has 0 aliphatic carbocycles. The molecule has 2 heterocycles. The van der Waals surface area contributed by atoms with Crippen LogP contribution in [0.4, 0.5) is 0 Å². The highest BCUT2D eigenvalue weighted by molar-refractivity contribution is 7.98. The molecule has 1 aromatic heterocycles. The van der Waals surface area contributed by atoms with Gasteiger partial charge in [-0.3, -0.25) is 4.79 Å². The van der Waals surface area contributed by atoms with Crippen molar-refractivity contribution >= 4 is 17.7 Å². The van der Waals surface area contributed by atoms with E-state index in [1.54, 1.807) is 6.20 Å². The van der Waals surface area contributed by atoms with Crippen molar-refractivity contribution in [3.05, 3.63) is 23.9 Å². The molecular weight excluding hydrogens is 244 g/mol. The Hall–Kier alpha value is -1.03. The SMILES string of the molecule is CSc1ncccc1C(=O)N1CC(C)CC(C)C1. The molecule has 0 spiro atoms. The van der Waals surface area contributed by atoms with Crippen LogP contribution in [-0.2, 0) is 0 Å². The van der Waals surface area contributed by atoms with Gasteiger partial charge in [-0.15, -0.1) is 11.8 Å². The Balaban J connectivity index is 2.20. The summed E-state index contributed by atoms with van der Waals surface area (Å²) in [6, 6.07) is 3.72. The third-order valence-electron chi connectivity index (χ3n) is 3.35. The zero-order chi connectivity index (χ0) is 13.1. The molecule has 1 aromatic rings. The maximum absolute atomic E-state index is 12.5. The fourth-order valence-electron chi connectivity index (χ4n) is 2.72. The Morgan fingerprint density at radius 2 is 2.06 bits per heavy atom. The standard InChI is InChI=1S/C14H20N2OS/c1-10-7-11(2)9-16(8-10)14(17)12-5-4-6-15-13(12)18-3/h4-6,10-11H,7-9H2,1-3H3. The van der Waals surface area contributed by atoms with Gasteiger partial charge in [-0.1, -0.05) is 13.8 Å². The van der Waals surface area contributed by atoms with Crippen LogP contribution in [0.3, 0.4) is 0 Å². The number of aromatic nitrogens is 1. The molecule has 1 amide bonds. The van der Waals surface area contributed by atoms with Crippen LogP contribution in [0.25, 0.3) is 0 Å². The van der Waals surface area contributed by atoms with E-state index in [0.717, 1.165) is 23.7 Å². The molecule has 0 radical (unpaired) electrons. The van der Waals surface area contributed by atoms with Gasteiger partial charge in [-0.25, -0.2) is 4.98 Å². The van der Waals surface area contributed by atoms with Crippen molar-refractivity contribution in [1.29, 1.82) is 0 Å². The minimum atomic E-state index is 0.130. The molecule has 2 atom stereocenters. The lowest BCUT2D eigenvalue weighted by molar-refractivity contribution is 0.0619. The van der Waals surface area contributed by atoms with Crippen LogP contribution in [0.1, 0.15) is 30.6 Å². The molecular formula is C14H20N2OS. The van der Waals surface area contributed by atoms with E-state index in [4.69, 9.17) is 0 Å². The number of pyridine rings is 1. The van der Waals surface area contributed by atoms with E-state index < -0.39 is 0 Å². The molecule has 1 saturated heterocycles. The van der Waals surface area contributed by atoms with Gasteiger partial charge in [0.05, 0.1) is 5.56 Å². The summed E-state index contributed by atoms with van der Waals surface area (Å²) in [6.45, 7) is 6.17. The van der Waals surface area contributed by atoms with Gasteiger partial charge in [0.1, 0.15) is 5.03 Å². The van der Waals surface area contributed by atoms with Gasteiger partial charge in [-0.05, 0) is 36.6 Å². The Labute approximate surface area is 113 Å². The van der Waals surface area contributed by atoms with Crippen LogP contribution >= 0.6 is 11.8 Å². The molecule has 0 saturated carbocycles. The topological polar surface area (TPSA) is 33.2 Å². The maximum atomic E-state index is 12.5. The van der Waals surface area contributed by atoms with E-state index in [2.05, 4.69) is 18.8 Å². The lowest BCUT2D eigenvalue weighted by Crippen LogP contribution is -2.42. The van der Waals surface area contributed by atoms with Crippen molar-refractivity contribution in [2.45, 2.75) is 25.3 Å². The van der Waals surface area contributed by atoms with Crippen molar-refractivity contribution in [2.75, 3.05) is 19.3 Å². The number of hydrogen-bond acceptors (Lipinski definition) is 3. The number of nitrogens with zero attached hydrogens (tertiary/aromatic N) is 2. The van der Waals surface area contributed by atoms with Gasteiger partial charge in [0, 0.05) is 19.3 Å². The Kier molecular flexibility index (Phi) is 4.27. The quantitative estimate of drug-likeness (QED) is 0.770. The second-order valence-corrected chi connectivity index (χ2v) is 6.01. The molecule has 1 aliphatic heterocycles. The summed E-state index contributed by atoms with van der Waals surface area (Å²) in [5, 5.41) is 0.827. The highest BCUT2D eigenvalue weighted by Gasteiger charge is 2.27. The van der Waals surface area contributed by atoms with Crippen LogP contribution in [0.5, 0.6) is 0 Å². The van der Waals surface area contributed by atoms with Gasteiger partial charge in [-0.2, -0.15) is 0 Å². The van der Waals surface area contributed by atoms with Crippen molar-refractivity contribution in [3.63, 3.8) is 0 Å². The molecule has 0 N–H and O–H groups in total. The fraction of sp³-hybridized carbons (Fsp3) is 0.571. The van der Waals surface area contributed by atoms with Gasteiger partial charge in [0.25, 0.3) is 5.91 Å². The van der Waals surface area contributed by atoms with Gasteiger partial charge >= 0.3 is 0 Å². The van der Waals surface area contributed by atoms with Crippen LogP contribution in [0.15, 0.2) is 23.4 Å². The highest BCUT2D eigenvalue weighted by atomic mass is 32.2. The Morgan fingerprint density at radius 1 is 1.39 bits per heavy atom. The fourth-order valence-corrected chi connectivity index (χ4v) is 3.26. The summed E-state index contributed by atoms with van der Waals surface area (Å²) in [7, 11) is 0. The van der Waals surface area contributed by atoms with E-state index in [1.165, 1.54) is 18.2 Å². The van der Waals surface area contributed by atoms with Gasteiger partial charge in [0.15, 0.2) is 0 Å². The normalized spacial score (nSPS) is 24.1. The third kappa shape index (κ3) is 2.86. The number of likely N-dealkylation sites (tertiary alicyclic amines) is 1. The molecule has 0 bridgehead atoms. The zero-order valence-electron chi connectivity index (χ0n) is 11.2. The number of piperidine rings is 1. The number of carbonyl (C=O) groups excluding carboxylic acids is 1. The first-order chi connectivity index (χ1) is 8.61. The molecule has 4 heteroatoms. The average Bonchev–Trinajstić information content (AvgIpc) is 2.36. The molecule has 3 nitrogen and oxygen atoms in total. The molecule has 18 heavy (non-hydrogen) atoms. The van der Waals surface area contributed by atoms with Crippen LogP contribution in [-0.4, -0.2) is 35.1 Å². The molecule has 1 fully saturated rings. The van der Waals surface area contributed by atoms with Crippen molar-refractivity contribution in [2.24, 2.45) is 11.8 Å². The van der Waals surface area contributed by atoms with Crippen LogP contribution in [0, 0.1) is 11.8 Å². The Morgan fingerprint density at radius 3 is 2.67 bits per heavy atom. The molecule has 98 valence electrons. The van der Waals surface area contributed by atoms with Gasteiger partial charge < -0.3 is 4.90 Å². The summed E-state index contributed by atoms with van der Waals surface area (Å²) in [5.41, 5.74) is 0.742. The monoisotopic (exact) mass is 264 g/mol. The first kappa shape index (κ1) is 13.4. The number of rotatable bonds is 2. The van der Waals surface area contributed by atoms with Crippen LogP contribution < -0.4 is 0 Å². The largest absolute Gasteiger partial charge is 0.338 e. The second-order valence-electron chi connectivity index (χ2n) is 5.22. The smallest absolute Gasteiger partial charge is 0.256 e. The predicted molar refractivity (Wildman–Crippen MR) is 74.9 cm³/mol. The lowest BCUT2D eigenvalue weighted by atomic mass is 9.91. The summed E-state index contributed by atoms with van der Waals surface area (Å²) < 4.78 is 0. The van der Waals surface area contributed by atoms with E-state index in [1.807, 2.05) is 23.3 Å². The third-order valence-corrected chi connectivity index (χ3v) is 4.06. The van der Waals surface area contributed by atoms with E-state index >= 15 is 0 Å². The van der Waals surface area contributed by atoms with E-state index in [-0.39, 0.29) is 5.91 Å². The number of carbonyl (C=O) groups is 1. The van der Waals surface area contributed by atoms with Crippen LogP contribution in [0.2, 0.25) is 0 Å². The Bertz CT molecular complexity index is 426. The van der Waals surface area contributed by atoms with Gasteiger partial charge in [0.2, 0.25) is 0 Å². The first-order valence-corrected chi connectivity index (χ1v) is 7.62. The average molecular weight is 264 g/mol. The summed E-state index contributed by atoms with van der Waals surface area (Å²) in [6.07, 6.45) is 4.91. The van der Waals surface area contributed by atoms with E-state index in [0.29, 0.717) is 11.8 Å². The molecule has 0 aromatic carbocycles. The highest BCUT2D eigenvalue weighted by Crippen LogP contribution is 2.25. The van der Waals surface area contributed by atoms with Crippen molar-refractivity contribution in [3.8, 4) is 0 Å². The second kappa shape index (κ2) is 5.74. The summed E-state index contributed by atoms with van der Waals surface area (Å²) in [5.74, 6) is 1.31. The minimum Gasteiger partial charge on any atom is -0.338 e. The van der Waals surface area contributed by atoms with E-state index in [9.17, 15) is 4.79 Å². The maximum Gasteiger partial charge on any atom is 0.256 e. The lowest BCUT2D eigenvalue weighted by Gasteiger charge is -2.35. The summed E-state index contributed by atoms with van der Waals surface area (Å²) in [4.78, 5) is 18.8. The number of amides is 1. The molecule has 1 aliphatic rings. The number of thioether (sulfide) groups is 1. The summed E-state index contributed by atoms with van der Waals surface area (Å²) >= 11 is 1.53. The molecule has 2 rings (SSSR count). The number of hydrogen-bond donors (Lipinski definition) is 0. The minimum absolute atomic E-state index is 0.130. The first-order valence-electron chi connectivity index (χ1n) is 6.40. The molecule has 2 unspecified atom stereocenters. The predicted octanol–water partition coefficient (Wildman–Crippen LogP) is 2.92.